The molecule has 0 bridgehead atoms. The molecule has 9 heteroatoms. The monoisotopic (exact) mass is 395 g/mol. The fraction of sp³-hybridized carbons (Fsp3) is 0.400. The minimum atomic E-state index is -2.69. The Morgan fingerprint density at radius 1 is 1.21 bits per heavy atom. The third kappa shape index (κ3) is 2.60. The second kappa shape index (κ2) is 5.71. The van der Waals surface area contributed by atoms with Gasteiger partial charge < -0.3 is 9.47 Å². The molecule has 0 spiro atoms. The predicted octanol–water partition coefficient (Wildman–Crippen LogP) is 3.63. The van der Waals surface area contributed by atoms with Crippen LogP contribution >= 0.6 is 0 Å². The summed E-state index contributed by atoms with van der Waals surface area (Å²) in [5.41, 5.74) is 4.25. The fourth-order valence-corrected chi connectivity index (χ4v) is 4.35. The molecular formula is C20H19F2N7. The number of pyridine rings is 1. The Hall–Kier alpha value is -3.10. The summed E-state index contributed by atoms with van der Waals surface area (Å²) in [5, 5.41) is 4.27. The van der Waals surface area contributed by atoms with Gasteiger partial charge in [-0.1, -0.05) is 0 Å². The number of hydrogen-bond donors (Lipinski definition) is 0. The van der Waals surface area contributed by atoms with Crippen LogP contribution in [0.25, 0.3) is 27.8 Å². The summed E-state index contributed by atoms with van der Waals surface area (Å²) in [6, 6.07) is 4.52. The number of nitrogens with zero attached hydrogens (tertiary/aromatic N) is 7. The molecule has 4 aromatic heterocycles. The molecule has 1 saturated heterocycles. The van der Waals surface area contributed by atoms with Crippen molar-refractivity contribution in [2.24, 2.45) is 0 Å². The van der Waals surface area contributed by atoms with E-state index in [1.165, 1.54) is 6.33 Å². The highest BCUT2D eigenvalue weighted by atomic mass is 19.3. The highest BCUT2D eigenvalue weighted by molar-refractivity contribution is 5.91. The number of alkyl halides is 2. The summed E-state index contributed by atoms with van der Waals surface area (Å²) < 4.78 is 31.6. The molecule has 7 nitrogen and oxygen atoms in total. The van der Waals surface area contributed by atoms with E-state index in [-0.39, 0.29) is 19.5 Å². The van der Waals surface area contributed by atoms with Crippen molar-refractivity contribution in [2.75, 3.05) is 18.0 Å². The fourth-order valence-electron chi connectivity index (χ4n) is 4.35. The highest BCUT2D eigenvalue weighted by Crippen LogP contribution is 2.40. The summed E-state index contributed by atoms with van der Waals surface area (Å²) in [7, 11) is 0. The molecule has 2 aliphatic rings. The van der Waals surface area contributed by atoms with Crippen molar-refractivity contribution in [1.82, 2.24) is 29.1 Å². The molecule has 1 aliphatic carbocycles. The number of hydrogen-bond acceptors (Lipinski definition) is 5. The second-order valence-electron chi connectivity index (χ2n) is 7.96. The lowest BCUT2D eigenvalue weighted by atomic mass is 10.1. The second-order valence-corrected chi connectivity index (χ2v) is 7.96. The number of aromatic nitrogens is 6. The van der Waals surface area contributed by atoms with E-state index in [0.717, 1.165) is 46.5 Å². The van der Waals surface area contributed by atoms with Gasteiger partial charge in [-0.05, 0) is 31.9 Å². The Bertz CT molecular complexity index is 1250. The number of imidazole rings is 1. The van der Waals surface area contributed by atoms with Crippen molar-refractivity contribution >= 4 is 22.5 Å². The van der Waals surface area contributed by atoms with E-state index in [1.807, 2.05) is 19.2 Å². The summed E-state index contributed by atoms with van der Waals surface area (Å²) in [6.07, 6.45) is 7.19. The van der Waals surface area contributed by atoms with Gasteiger partial charge in [-0.25, -0.2) is 28.2 Å². The third-order valence-corrected chi connectivity index (χ3v) is 5.85. The third-order valence-electron chi connectivity index (χ3n) is 5.85. The van der Waals surface area contributed by atoms with Gasteiger partial charge in [-0.2, -0.15) is 5.10 Å². The van der Waals surface area contributed by atoms with Crippen LogP contribution in [0, 0.1) is 6.92 Å². The maximum atomic E-state index is 13.8. The first kappa shape index (κ1) is 16.8. The normalized spacial score (nSPS) is 18.9. The zero-order valence-electron chi connectivity index (χ0n) is 15.9. The molecule has 5 heterocycles. The van der Waals surface area contributed by atoms with Crippen LogP contribution < -0.4 is 4.90 Å². The van der Waals surface area contributed by atoms with Gasteiger partial charge in [-0.15, -0.1) is 0 Å². The molecule has 6 rings (SSSR count). The van der Waals surface area contributed by atoms with Crippen LogP contribution in [0.2, 0.25) is 0 Å². The summed E-state index contributed by atoms with van der Waals surface area (Å²) in [4.78, 5) is 15.2. The van der Waals surface area contributed by atoms with Gasteiger partial charge in [-0.3, -0.25) is 0 Å². The number of anilines is 1. The van der Waals surface area contributed by atoms with Gasteiger partial charge in [0.05, 0.1) is 12.1 Å². The molecule has 4 aromatic rings. The van der Waals surface area contributed by atoms with Crippen LogP contribution in [0.15, 0.2) is 30.9 Å². The number of rotatable bonds is 3. The van der Waals surface area contributed by atoms with E-state index in [4.69, 9.17) is 0 Å². The molecule has 1 saturated carbocycles. The summed E-state index contributed by atoms with van der Waals surface area (Å²) >= 11 is 0. The van der Waals surface area contributed by atoms with Crippen LogP contribution in [-0.4, -0.2) is 48.1 Å². The van der Waals surface area contributed by atoms with Gasteiger partial charge in [0, 0.05) is 42.5 Å². The smallest absolute Gasteiger partial charge is 0.266 e. The zero-order valence-corrected chi connectivity index (χ0v) is 15.9. The maximum absolute atomic E-state index is 13.8. The van der Waals surface area contributed by atoms with Crippen LogP contribution in [0.5, 0.6) is 0 Å². The first-order chi connectivity index (χ1) is 14.0. The average molecular weight is 395 g/mol. The lowest BCUT2D eigenvalue weighted by Crippen LogP contribution is -2.26. The van der Waals surface area contributed by atoms with E-state index >= 15 is 0 Å². The Morgan fingerprint density at radius 2 is 2.07 bits per heavy atom. The summed E-state index contributed by atoms with van der Waals surface area (Å²) in [6.45, 7) is 1.96. The van der Waals surface area contributed by atoms with Crippen LogP contribution in [-0.2, 0) is 0 Å². The van der Waals surface area contributed by atoms with Crippen molar-refractivity contribution in [3.63, 3.8) is 0 Å². The predicted molar refractivity (Wildman–Crippen MR) is 104 cm³/mol. The highest BCUT2D eigenvalue weighted by Gasteiger charge is 2.39. The van der Waals surface area contributed by atoms with E-state index in [2.05, 4.69) is 30.7 Å². The Morgan fingerprint density at radius 3 is 2.83 bits per heavy atom. The van der Waals surface area contributed by atoms with Gasteiger partial charge in [0.15, 0.2) is 11.5 Å². The zero-order chi connectivity index (χ0) is 19.8. The van der Waals surface area contributed by atoms with Gasteiger partial charge in [0.25, 0.3) is 5.92 Å². The standard InChI is InChI=1S/C20H19F2N7/c1-12-26-18-16(29(12)14-2-3-14)8-13(9-23-18)15-4-6-28-17(15)19(24-11-25-28)27-7-5-20(21,22)10-27/h4,6,8-9,11,14H,2-3,5,7,10H2,1H3. The molecule has 29 heavy (non-hydrogen) atoms. The van der Waals surface area contributed by atoms with Gasteiger partial charge in [0.1, 0.15) is 17.7 Å². The molecule has 0 amide bonds. The van der Waals surface area contributed by atoms with E-state index in [9.17, 15) is 8.78 Å². The first-order valence-electron chi connectivity index (χ1n) is 9.80. The number of halogens is 2. The minimum absolute atomic E-state index is 0.160. The lowest BCUT2D eigenvalue weighted by Gasteiger charge is -2.18. The molecule has 0 unspecified atom stereocenters. The Kier molecular flexibility index (Phi) is 3.31. The van der Waals surface area contributed by atoms with Crippen LogP contribution in [0.1, 0.15) is 31.1 Å². The van der Waals surface area contributed by atoms with Gasteiger partial charge in [0.2, 0.25) is 0 Å². The molecule has 2 fully saturated rings. The van der Waals surface area contributed by atoms with Crippen molar-refractivity contribution in [1.29, 1.82) is 0 Å². The van der Waals surface area contributed by atoms with E-state index in [1.54, 1.807) is 15.6 Å². The van der Waals surface area contributed by atoms with Gasteiger partial charge >= 0.3 is 0 Å². The van der Waals surface area contributed by atoms with E-state index < -0.39 is 5.92 Å². The maximum Gasteiger partial charge on any atom is 0.266 e. The van der Waals surface area contributed by atoms with E-state index in [0.29, 0.717) is 11.9 Å². The molecule has 1 aliphatic heterocycles. The minimum Gasteiger partial charge on any atom is -0.348 e. The van der Waals surface area contributed by atoms with Crippen LogP contribution in [0.3, 0.4) is 0 Å². The van der Waals surface area contributed by atoms with Crippen molar-refractivity contribution < 1.29 is 8.78 Å². The van der Waals surface area contributed by atoms with Crippen LogP contribution in [0.4, 0.5) is 14.6 Å². The molecule has 148 valence electrons. The molecule has 0 N–H and O–H groups in total. The largest absolute Gasteiger partial charge is 0.348 e. The molecular weight excluding hydrogens is 376 g/mol. The molecule has 0 radical (unpaired) electrons. The lowest BCUT2D eigenvalue weighted by molar-refractivity contribution is 0.0257. The molecule has 0 atom stereocenters. The first-order valence-corrected chi connectivity index (χ1v) is 9.80. The Balaban J connectivity index is 1.52. The summed E-state index contributed by atoms with van der Waals surface area (Å²) in [5.74, 6) is -1.19. The van der Waals surface area contributed by atoms with Crippen molar-refractivity contribution in [2.45, 2.75) is 38.2 Å². The topological polar surface area (TPSA) is 64.1 Å². The SMILES string of the molecule is Cc1nc2ncc(-c3ccn4ncnc(N5CCC(F)(F)C5)c34)cc2n1C1CC1. The number of aryl methyl sites for hydroxylation is 1. The molecule has 0 aromatic carbocycles. The van der Waals surface area contributed by atoms with Crippen molar-refractivity contribution in [3.05, 3.63) is 36.7 Å². The average Bonchev–Trinajstić information content (AvgIpc) is 3.18. The quantitative estimate of drug-likeness (QED) is 0.530. The van der Waals surface area contributed by atoms with Crippen molar-refractivity contribution in [3.8, 4) is 11.1 Å². The Labute approximate surface area is 165 Å². The number of fused-ring (bicyclic) bond motifs is 2.